The van der Waals surface area contributed by atoms with Crippen LogP contribution in [0.25, 0.3) is 0 Å². The molecule has 1 fully saturated rings. The third-order valence-corrected chi connectivity index (χ3v) is 3.52. The van der Waals surface area contributed by atoms with E-state index in [0.717, 1.165) is 6.42 Å². The summed E-state index contributed by atoms with van der Waals surface area (Å²) < 4.78 is 0. The molecule has 6 heteroatoms. The summed E-state index contributed by atoms with van der Waals surface area (Å²) in [5, 5.41) is 21.5. The smallest absolute Gasteiger partial charge is 0.326 e. The molecule has 1 aliphatic rings. The maximum absolute atomic E-state index is 12.0. The van der Waals surface area contributed by atoms with Gasteiger partial charge in [-0.25, -0.2) is 9.59 Å². The maximum atomic E-state index is 12.0. The molecule has 0 aromatic carbocycles. The van der Waals surface area contributed by atoms with Crippen molar-refractivity contribution in [2.75, 3.05) is 13.1 Å². The van der Waals surface area contributed by atoms with Crippen molar-refractivity contribution in [1.82, 2.24) is 10.2 Å². The van der Waals surface area contributed by atoms with Gasteiger partial charge in [-0.2, -0.15) is 0 Å². The Morgan fingerprint density at radius 2 is 2.05 bits per heavy atom. The number of carbonyl (C=O) groups excluding carboxylic acids is 1. The molecule has 2 amide bonds. The molecule has 19 heavy (non-hydrogen) atoms. The van der Waals surface area contributed by atoms with Gasteiger partial charge in [-0.05, 0) is 32.6 Å². The molecule has 0 bridgehead atoms. The van der Waals surface area contributed by atoms with Crippen molar-refractivity contribution in [2.24, 2.45) is 0 Å². The number of aliphatic hydroxyl groups is 1. The third-order valence-electron chi connectivity index (χ3n) is 3.52. The Bertz CT molecular complexity index is 331. The van der Waals surface area contributed by atoms with Crippen LogP contribution in [-0.2, 0) is 4.79 Å². The SMILES string of the molecule is CCCC(NC(=O)N1CCCC(C)(O)CC1)C(=O)O. The maximum Gasteiger partial charge on any atom is 0.326 e. The average Bonchev–Trinajstić information content (AvgIpc) is 2.49. The highest BCUT2D eigenvalue weighted by atomic mass is 16.4. The number of urea groups is 1. The fraction of sp³-hybridized carbons (Fsp3) is 0.846. The molecule has 0 radical (unpaired) electrons. The van der Waals surface area contributed by atoms with Crippen LogP contribution in [0.5, 0.6) is 0 Å². The Kier molecular flexibility index (Phi) is 5.60. The van der Waals surface area contributed by atoms with Crippen LogP contribution in [0.15, 0.2) is 0 Å². The molecule has 1 heterocycles. The van der Waals surface area contributed by atoms with Gasteiger partial charge < -0.3 is 20.4 Å². The highest BCUT2D eigenvalue weighted by molar-refractivity contribution is 5.82. The van der Waals surface area contributed by atoms with E-state index >= 15 is 0 Å². The lowest BCUT2D eigenvalue weighted by molar-refractivity contribution is -0.139. The van der Waals surface area contributed by atoms with E-state index in [1.165, 1.54) is 0 Å². The first-order valence-electron chi connectivity index (χ1n) is 6.86. The van der Waals surface area contributed by atoms with Gasteiger partial charge in [0.15, 0.2) is 0 Å². The molecule has 0 aromatic rings. The molecule has 1 rings (SSSR count). The molecule has 1 saturated heterocycles. The molecule has 0 saturated carbocycles. The Hall–Kier alpha value is -1.30. The van der Waals surface area contributed by atoms with Crippen LogP contribution in [0.3, 0.4) is 0 Å². The van der Waals surface area contributed by atoms with Gasteiger partial charge >= 0.3 is 12.0 Å². The van der Waals surface area contributed by atoms with Crippen molar-refractivity contribution in [3.63, 3.8) is 0 Å². The average molecular weight is 272 g/mol. The van der Waals surface area contributed by atoms with Gasteiger partial charge in [0.2, 0.25) is 0 Å². The Balaban J connectivity index is 2.54. The minimum Gasteiger partial charge on any atom is -0.480 e. The quantitative estimate of drug-likeness (QED) is 0.717. The van der Waals surface area contributed by atoms with Gasteiger partial charge in [0.25, 0.3) is 0 Å². The van der Waals surface area contributed by atoms with E-state index in [4.69, 9.17) is 5.11 Å². The molecule has 0 aromatic heterocycles. The normalized spacial score (nSPS) is 25.5. The number of nitrogens with zero attached hydrogens (tertiary/aromatic N) is 1. The van der Waals surface area contributed by atoms with Crippen molar-refractivity contribution in [2.45, 2.75) is 57.6 Å². The Labute approximate surface area is 113 Å². The topological polar surface area (TPSA) is 89.9 Å². The van der Waals surface area contributed by atoms with Crippen molar-refractivity contribution >= 4 is 12.0 Å². The van der Waals surface area contributed by atoms with Crippen LogP contribution < -0.4 is 5.32 Å². The predicted molar refractivity (Wildman–Crippen MR) is 70.9 cm³/mol. The summed E-state index contributed by atoms with van der Waals surface area (Å²) in [6.45, 7) is 4.66. The molecule has 2 unspecified atom stereocenters. The van der Waals surface area contributed by atoms with Gasteiger partial charge in [0.1, 0.15) is 6.04 Å². The summed E-state index contributed by atoms with van der Waals surface area (Å²) >= 11 is 0. The number of carbonyl (C=O) groups is 2. The van der Waals surface area contributed by atoms with Crippen molar-refractivity contribution in [3.8, 4) is 0 Å². The van der Waals surface area contributed by atoms with Crippen LogP contribution in [0.4, 0.5) is 4.79 Å². The van der Waals surface area contributed by atoms with E-state index in [0.29, 0.717) is 38.8 Å². The van der Waals surface area contributed by atoms with E-state index in [-0.39, 0.29) is 6.03 Å². The largest absolute Gasteiger partial charge is 0.480 e. The Morgan fingerprint density at radius 3 is 2.63 bits per heavy atom. The van der Waals surface area contributed by atoms with Crippen molar-refractivity contribution in [3.05, 3.63) is 0 Å². The van der Waals surface area contributed by atoms with Gasteiger partial charge in [-0.15, -0.1) is 0 Å². The van der Waals surface area contributed by atoms with Gasteiger partial charge in [-0.1, -0.05) is 13.3 Å². The number of amides is 2. The standard InChI is InChI=1S/C13H24N2O4/c1-3-5-10(11(16)17)14-12(18)15-8-4-6-13(2,19)7-9-15/h10,19H,3-9H2,1-2H3,(H,14,18)(H,16,17). The zero-order chi connectivity index (χ0) is 14.5. The fourth-order valence-electron chi connectivity index (χ4n) is 2.25. The van der Waals surface area contributed by atoms with Crippen LogP contribution in [0, 0.1) is 0 Å². The van der Waals surface area contributed by atoms with E-state index in [1.807, 2.05) is 6.92 Å². The third kappa shape index (κ3) is 5.06. The summed E-state index contributed by atoms with van der Waals surface area (Å²) in [4.78, 5) is 24.6. The number of rotatable bonds is 4. The molecular weight excluding hydrogens is 248 g/mol. The second-order valence-corrected chi connectivity index (χ2v) is 5.47. The van der Waals surface area contributed by atoms with Crippen LogP contribution in [0.2, 0.25) is 0 Å². The molecular formula is C13H24N2O4. The first-order valence-corrected chi connectivity index (χ1v) is 6.86. The molecule has 3 N–H and O–H groups in total. The number of nitrogens with one attached hydrogen (secondary N) is 1. The lowest BCUT2D eigenvalue weighted by Crippen LogP contribution is -2.48. The van der Waals surface area contributed by atoms with E-state index < -0.39 is 17.6 Å². The summed E-state index contributed by atoms with van der Waals surface area (Å²) in [5.41, 5.74) is -0.732. The summed E-state index contributed by atoms with van der Waals surface area (Å²) in [7, 11) is 0. The highest BCUT2D eigenvalue weighted by Crippen LogP contribution is 2.21. The number of carboxylic acids is 1. The summed E-state index contributed by atoms with van der Waals surface area (Å²) in [5.74, 6) is -1.00. The van der Waals surface area contributed by atoms with Crippen LogP contribution >= 0.6 is 0 Å². The predicted octanol–water partition coefficient (Wildman–Crippen LogP) is 1.19. The molecule has 110 valence electrons. The second-order valence-electron chi connectivity index (χ2n) is 5.47. The number of aliphatic carboxylic acids is 1. The molecule has 0 aliphatic carbocycles. The zero-order valence-electron chi connectivity index (χ0n) is 11.7. The summed E-state index contributed by atoms with van der Waals surface area (Å²) in [6, 6.07) is -1.18. The monoisotopic (exact) mass is 272 g/mol. The first kappa shape index (κ1) is 15.8. The van der Waals surface area contributed by atoms with Crippen molar-refractivity contribution in [1.29, 1.82) is 0 Å². The van der Waals surface area contributed by atoms with Gasteiger partial charge in [-0.3, -0.25) is 0 Å². The van der Waals surface area contributed by atoms with E-state index in [1.54, 1.807) is 11.8 Å². The van der Waals surface area contributed by atoms with Crippen LogP contribution in [0.1, 0.15) is 46.0 Å². The zero-order valence-corrected chi connectivity index (χ0v) is 11.7. The fourth-order valence-corrected chi connectivity index (χ4v) is 2.25. The first-order chi connectivity index (χ1) is 8.85. The number of likely N-dealkylation sites (tertiary alicyclic amines) is 1. The highest BCUT2D eigenvalue weighted by Gasteiger charge is 2.28. The van der Waals surface area contributed by atoms with E-state index in [9.17, 15) is 14.7 Å². The number of carboxylic acid groups (broad SMARTS) is 1. The lowest BCUT2D eigenvalue weighted by atomic mass is 9.98. The lowest BCUT2D eigenvalue weighted by Gasteiger charge is -2.24. The minimum absolute atomic E-state index is 0.349. The Morgan fingerprint density at radius 1 is 1.37 bits per heavy atom. The molecule has 6 nitrogen and oxygen atoms in total. The minimum atomic E-state index is -1.00. The molecule has 1 aliphatic heterocycles. The van der Waals surface area contributed by atoms with Crippen LogP contribution in [-0.4, -0.2) is 51.8 Å². The number of hydrogen-bond donors (Lipinski definition) is 3. The molecule has 2 atom stereocenters. The van der Waals surface area contributed by atoms with Gasteiger partial charge in [0, 0.05) is 13.1 Å². The van der Waals surface area contributed by atoms with Crippen molar-refractivity contribution < 1.29 is 19.8 Å². The molecule has 0 spiro atoms. The second kappa shape index (κ2) is 6.75. The van der Waals surface area contributed by atoms with E-state index in [2.05, 4.69) is 5.32 Å². The summed E-state index contributed by atoms with van der Waals surface area (Å²) in [6.07, 6.45) is 3.03. The van der Waals surface area contributed by atoms with Gasteiger partial charge in [0.05, 0.1) is 5.60 Å². The number of hydrogen-bond acceptors (Lipinski definition) is 3.